The molecule has 2 rings (SSSR count). The lowest BCUT2D eigenvalue weighted by Crippen LogP contribution is -2.27. The Bertz CT molecular complexity index is 552. The summed E-state index contributed by atoms with van der Waals surface area (Å²) in [5.41, 5.74) is 0.452. The van der Waals surface area contributed by atoms with Crippen LogP contribution in [0.3, 0.4) is 0 Å². The van der Waals surface area contributed by atoms with Crippen molar-refractivity contribution < 1.29 is 9.72 Å². The molecule has 0 saturated carbocycles. The van der Waals surface area contributed by atoms with Crippen LogP contribution in [0.4, 0.5) is 11.5 Å². The van der Waals surface area contributed by atoms with E-state index in [4.69, 9.17) is 0 Å². The maximum absolute atomic E-state index is 11.9. The van der Waals surface area contributed by atoms with Crippen molar-refractivity contribution in [3.63, 3.8) is 0 Å². The smallest absolute Gasteiger partial charge is 0.291 e. The van der Waals surface area contributed by atoms with Gasteiger partial charge in [0.25, 0.3) is 0 Å². The number of anilines is 1. The van der Waals surface area contributed by atoms with Gasteiger partial charge in [0.2, 0.25) is 11.7 Å². The molecule has 1 saturated heterocycles. The van der Waals surface area contributed by atoms with Crippen molar-refractivity contribution in [3.8, 4) is 0 Å². The predicted molar refractivity (Wildman–Crippen MR) is 77.6 cm³/mol. The normalized spacial score (nSPS) is 19.0. The van der Waals surface area contributed by atoms with Gasteiger partial charge < -0.3 is 0 Å². The predicted octanol–water partition coefficient (Wildman–Crippen LogP) is 2.34. The fourth-order valence-corrected chi connectivity index (χ4v) is 2.55. The first-order valence-electron chi connectivity index (χ1n) is 5.66. The zero-order valence-corrected chi connectivity index (χ0v) is 12.6. The summed E-state index contributed by atoms with van der Waals surface area (Å²) in [4.78, 5) is 28.1. The van der Waals surface area contributed by atoms with Crippen LogP contribution in [0, 0.1) is 23.0 Å². The number of pyridine rings is 1. The number of aryl methyl sites for hydroxylation is 1. The lowest BCUT2D eigenvalue weighted by molar-refractivity contribution is -0.384. The zero-order valence-electron chi connectivity index (χ0n) is 10.2. The van der Waals surface area contributed by atoms with Crippen molar-refractivity contribution in [2.75, 3.05) is 17.2 Å². The fourth-order valence-electron chi connectivity index (χ4n) is 2.00. The molecular weight excluding hydrogens is 334 g/mol. The Hall–Kier alpha value is -1.15. The maximum Gasteiger partial charge on any atom is 0.313 e. The molecule has 0 spiro atoms. The van der Waals surface area contributed by atoms with E-state index in [9.17, 15) is 14.9 Å². The summed E-state index contributed by atoms with van der Waals surface area (Å²) >= 11 is 7.39. The Balaban J connectivity index is 2.47. The second-order valence-electron chi connectivity index (χ2n) is 4.41. The first kappa shape index (κ1) is 14.3. The fraction of sp³-hybridized carbons (Fsp3) is 0.455. The minimum atomic E-state index is -0.520. The third-order valence-corrected chi connectivity index (χ3v) is 4.35. The van der Waals surface area contributed by atoms with Gasteiger partial charge in [-0.15, -0.1) is 0 Å². The Morgan fingerprint density at radius 2 is 2.37 bits per heavy atom. The summed E-state index contributed by atoms with van der Waals surface area (Å²) in [7, 11) is 0. The Morgan fingerprint density at radius 3 is 2.89 bits per heavy atom. The number of rotatable bonds is 3. The molecule has 1 aliphatic rings. The molecule has 1 unspecified atom stereocenters. The van der Waals surface area contributed by atoms with Gasteiger partial charge in [-0.3, -0.25) is 19.8 Å². The molecule has 0 aromatic carbocycles. The Kier molecular flexibility index (Phi) is 4.10. The number of aromatic nitrogens is 1. The number of carbonyl (C=O) groups excluding carboxylic acids is 1. The van der Waals surface area contributed by atoms with Crippen molar-refractivity contribution in [2.24, 2.45) is 5.92 Å². The molecule has 0 aliphatic carbocycles. The molecule has 0 N–H and O–H groups in total. The number of nitrogens with zero attached hydrogens (tertiary/aromatic N) is 3. The number of nitro groups is 1. The van der Waals surface area contributed by atoms with Crippen LogP contribution in [0.1, 0.15) is 12.1 Å². The minimum absolute atomic E-state index is 0.112. The van der Waals surface area contributed by atoms with Crippen LogP contribution in [0.2, 0.25) is 0 Å². The highest BCUT2D eigenvalue weighted by Crippen LogP contribution is 2.34. The Morgan fingerprint density at radius 1 is 1.68 bits per heavy atom. The van der Waals surface area contributed by atoms with Crippen LogP contribution < -0.4 is 4.90 Å². The highest BCUT2D eigenvalue weighted by atomic mass is 79.9. The third kappa shape index (κ3) is 2.74. The third-order valence-electron chi connectivity index (χ3n) is 3.03. The molecule has 102 valence electrons. The van der Waals surface area contributed by atoms with Gasteiger partial charge in [0, 0.05) is 23.5 Å². The highest BCUT2D eigenvalue weighted by molar-refractivity contribution is 9.10. The molecule has 1 atom stereocenters. The van der Waals surface area contributed by atoms with Gasteiger partial charge in [-0.1, -0.05) is 0 Å². The monoisotopic (exact) mass is 345 g/mol. The first-order valence-corrected chi connectivity index (χ1v) is 7.09. The zero-order chi connectivity index (χ0) is 14.2. The van der Waals surface area contributed by atoms with Gasteiger partial charge in [-0.05, 0) is 34.5 Å². The van der Waals surface area contributed by atoms with E-state index in [0.717, 1.165) is 0 Å². The van der Waals surface area contributed by atoms with Gasteiger partial charge in [0.05, 0.1) is 10.6 Å². The van der Waals surface area contributed by atoms with Gasteiger partial charge >= 0.3 is 5.69 Å². The molecule has 2 heterocycles. The van der Waals surface area contributed by atoms with Crippen LogP contribution in [0.15, 0.2) is 10.5 Å². The molecule has 8 heteroatoms. The van der Waals surface area contributed by atoms with Crippen LogP contribution in [0.5, 0.6) is 0 Å². The van der Waals surface area contributed by atoms with Crippen molar-refractivity contribution in [2.45, 2.75) is 13.3 Å². The summed E-state index contributed by atoms with van der Waals surface area (Å²) in [6, 6.07) is 1.39. The first-order chi connectivity index (χ1) is 8.93. The van der Waals surface area contributed by atoms with E-state index in [2.05, 4.69) is 33.5 Å². The number of carbonyl (C=O) groups is 1. The summed E-state index contributed by atoms with van der Waals surface area (Å²) < 4.78 is 0.556. The average molecular weight is 346 g/mol. The van der Waals surface area contributed by atoms with Crippen LogP contribution >= 0.6 is 28.6 Å². The SMILES string of the molecule is Cc1nc(N2CC(CS)CC2=O)c([N+](=O)[O-])cc1Br. The van der Waals surface area contributed by atoms with Crippen LogP contribution in [-0.2, 0) is 4.79 Å². The van der Waals surface area contributed by atoms with Crippen LogP contribution in [-0.4, -0.2) is 28.1 Å². The summed E-state index contributed by atoms with van der Waals surface area (Å²) in [6.45, 7) is 2.16. The van der Waals surface area contributed by atoms with E-state index in [0.29, 0.717) is 28.9 Å². The van der Waals surface area contributed by atoms with E-state index in [-0.39, 0.29) is 23.3 Å². The van der Waals surface area contributed by atoms with Gasteiger partial charge in [0.1, 0.15) is 0 Å². The van der Waals surface area contributed by atoms with Crippen molar-refractivity contribution >= 4 is 46.0 Å². The summed E-state index contributed by atoms with van der Waals surface area (Å²) in [6.07, 6.45) is 0.359. The quantitative estimate of drug-likeness (QED) is 0.518. The van der Waals surface area contributed by atoms with Gasteiger partial charge in [0.15, 0.2) is 0 Å². The molecule has 1 fully saturated rings. The van der Waals surface area contributed by atoms with Crippen LogP contribution in [0.25, 0.3) is 0 Å². The largest absolute Gasteiger partial charge is 0.313 e. The number of thiol groups is 1. The highest BCUT2D eigenvalue weighted by Gasteiger charge is 2.35. The topological polar surface area (TPSA) is 76.3 Å². The van der Waals surface area contributed by atoms with Crippen molar-refractivity contribution in [3.05, 3.63) is 26.3 Å². The van der Waals surface area contributed by atoms with Crippen molar-refractivity contribution in [1.29, 1.82) is 0 Å². The van der Waals surface area contributed by atoms with E-state index in [1.807, 2.05) is 0 Å². The van der Waals surface area contributed by atoms with Crippen molar-refractivity contribution in [1.82, 2.24) is 4.98 Å². The van der Waals surface area contributed by atoms with E-state index >= 15 is 0 Å². The maximum atomic E-state index is 11.9. The number of hydrogen-bond donors (Lipinski definition) is 1. The molecule has 19 heavy (non-hydrogen) atoms. The van der Waals surface area contributed by atoms with Gasteiger partial charge in [-0.25, -0.2) is 4.98 Å². The molecule has 0 radical (unpaired) electrons. The van der Waals surface area contributed by atoms with Gasteiger partial charge in [-0.2, -0.15) is 12.6 Å². The standard InChI is InChI=1S/C11H12BrN3O3S/c1-6-8(12)3-9(15(17)18)11(13-6)14-4-7(5-19)2-10(14)16/h3,7,19H,2,4-5H2,1H3. The minimum Gasteiger partial charge on any atom is -0.291 e. The second kappa shape index (κ2) is 5.46. The lowest BCUT2D eigenvalue weighted by atomic mass is 10.1. The lowest BCUT2D eigenvalue weighted by Gasteiger charge is -2.16. The molecule has 6 nitrogen and oxygen atoms in total. The van der Waals surface area contributed by atoms with E-state index in [1.54, 1.807) is 6.92 Å². The molecule has 1 aromatic rings. The summed E-state index contributed by atoms with van der Waals surface area (Å²) in [5, 5.41) is 11.1. The molecule has 1 amide bonds. The number of hydrogen-bond acceptors (Lipinski definition) is 5. The van der Waals surface area contributed by atoms with E-state index < -0.39 is 4.92 Å². The molecular formula is C11H12BrN3O3S. The molecule has 1 aliphatic heterocycles. The molecule has 0 bridgehead atoms. The summed E-state index contributed by atoms with van der Waals surface area (Å²) in [5.74, 6) is 0.670. The Labute approximate surface area is 123 Å². The average Bonchev–Trinajstić information content (AvgIpc) is 2.73. The number of halogens is 1. The van der Waals surface area contributed by atoms with E-state index in [1.165, 1.54) is 11.0 Å². The molecule has 1 aromatic heterocycles. The number of amides is 1. The second-order valence-corrected chi connectivity index (χ2v) is 5.63.